The molecule has 0 fully saturated rings. The highest BCUT2D eigenvalue weighted by Crippen LogP contribution is 2.01. The second-order valence-corrected chi connectivity index (χ2v) is 4.76. The lowest BCUT2D eigenvalue weighted by Gasteiger charge is -2.22. The number of likely N-dealkylation sites (N-methyl/N-ethyl adjacent to an activating group) is 1. The molecule has 0 aromatic carbocycles. The molecule has 0 aliphatic carbocycles. The molecule has 0 saturated carbocycles. The Morgan fingerprint density at radius 3 is 2.26 bits per heavy atom. The van der Waals surface area contributed by atoms with Crippen molar-refractivity contribution < 1.29 is 4.79 Å². The lowest BCUT2D eigenvalue weighted by Crippen LogP contribution is -2.33. The maximum absolute atomic E-state index is 12.0. The number of hydrogen-bond donors (Lipinski definition) is 1. The number of H-pyrrole nitrogens is 1. The molecule has 0 aliphatic heterocycles. The fourth-order valence-corrected chi connectivity index (χ4v) is 2.20. The summed E-state index contributed by atoms with van der Waals surface area (Å²) in [6.07, 6.45) is 2.91. The minimum absolute atomic E-state index is 0.176. The molecule has 1 rings (SSSR count). The Morgan fingerprint density at radius 1 is 1.11 bits per heavy atom. The molecule has 4 heteroatoms. The minimum atomic E-state index is 0.176. The molecule has 1 aromatic heterocycles. The van der Waals surface area contributed by atoms with Crippen LogP contribution in [0.4, 0.5) is 0 Å². The van der Waals surface area contributed by atoms with E-state index < -0.39 is 0 Å². The Hall–Kier alpha value is -1.13. The molecular weight excluding hydrogens is 238 g/mol. The molecule has 1 heterocycles. The van der Waals surface area contributed by atoms with Gasteiger partial charge in [-0.1, -0.05) is 20.8 Å². The van der Waals surface area contributed by atoms with Crippen LogP contribution in [0, 0.1) is 0 Å². The number of aromatic nitrogens is 1. The van der Waals surface area contributed by atoms with Gasteiger partial charge in [-0.2, -0.15) is 0 Å². The van der Waals surface area contributed by atoms with E-state index in [0.29, 0.717) is 12.2 Å². The maximum atomic E-state index is 12.0. The number of nitrogens with zero attached hydrogens (tertiary/aromatic N) is 2. The molecule has 0 amide bonds. The third kappa shape index (κ3) is 5.57. The molecule has 108 valence electrons. The number of Topliss-reactive ketones (excluding diaryl/α,β-unsaturated/α-hetero) is 1. The Morgan fingerprint density at radius 2 is 1.74 bits per heavy atom. The van der Waals surface area contributed by atoms with E-state index in [2.05, 4.69) is 35.6 Å². The number of rotatable bonds is 10. The molecule has 0 unspecified atom stereocenters. The molecular formula is C15H27N3O. The van der Waals surface area contributed by atoms with E-state index in [1.165, 1.54) is 0 Å². The van der Waals surface area contributed by atoms with Crippen LogP contribution >= 0.6 is 0 Å². The van der Waals surface area contributed by atoms with E-state index in [1.54, 1.807) is 6.20 Å². The van der Waals surface area contributed by atoms with E-state index in [4.69, 9.17) is 0 Å². The lowest BCUT2D eigenvalue weighted by molar-refractivity contribution is 0.0926. The van der Waals surface area contributed by atoms with Crippen LogP contribution in [0.2, 0.25) is 0 Å². The summed E-state index contributed by atoms with van der Waals surface area (Å²) < 4.78 is 0. The van der Waals surface area contributed by atoms with Crippen molar-refractivity contribution in [1.29, 1.82) is 0 Å². The third-order valence-corrected chi connectivity index (χ3v) is 3.56. The molecule has 0 atom stereocenters. The Bertz CT molecular complexity index is 344. The van der Waals surface area contributed by atoms with Crippen molar-refractivity contribution in [3.63, 3.8) is 0 Å². The van der Waals surface area contributed by atoms with E-state index >= 15 is 0 Å². The standard InChI is InChI=1S/C15H27N3O/c1-4-17(5-2)11-8-12-18(6-3)13-15(19)14-9-7-10-16-14/h7,9-10,16H,4-6,8,11-13H2,1-3H3. The first-order valence-electron chi connectivity index (χ1n) is 7.32. The summed E-state index contributed by atoms with van der Waals surface area (Å²) in [6.45, 7) is 12.2. The summed E-state index contributed by atoms with van der Waals surface area (Å²) >= 11 is 0. The zero-order valence-electron chi connectivity index (χ0n) is 12.5. The van der Waals surface area contributed by atoms with Crippen molar-refractivity contribution in [1.82, 2.24) is 14.8 Å². The normalized spacial score (nSPS) is 11.4. The third-order valence-electron chi connectivity index (χ3n) is 3.56. The van der Waals surface area contributed by atoms with Gasteiger partial charge < -0.3 is 9.88 Å². The predicted molar refractivity (Wildman–Crippen MR) is 79.6 cm³/mol. The fraction of sp³-hybridized carbons (Fsp3) is 0.667. The molecule has 0 radical (unpaired) electrons. The van der Waals surface area contributed by atoms with E-state index in [-0.39, 0.29) is 5.78 Å². The molecule has 0 aliphatic rings. The number of carbonyl (C=O) groups is 1. The first-order chi connectivity index (χ1) is 9.21. The van der Waals surface area contributed by atoms with Crippen LogP contribution in [0.3, 0.4) is 0 Å². The van der Waals surface area contributed by atoms with Crippen molar-refractivity contribution in [2.24, 2.45) is 0 Å². The van der Waals surface area contributed by atoms with Gasteiger partial charge in [-0.25, -0.2) is 0 Å². The minimum Gasteiger partial charge on any atom is -0.359 e. The molecule has 1 N–H and O–H groups in total. The number of hydrogen-bond acceptors (Lipinski definition) is 3. The van der Waals surface area contributed by atoms with Gasteiger partial charge in [0.15, 0.2) is 5.78 Å². The van der Waals surface area contributed by atoms with Gasteiger partial charge in [0.2, 0.25) is 0 Å². The number of ketones is 1. The summed E-state index contributed by atoms with van der Waals surface area (Å²) in [5.41, 5.74) is 0.710. The molecule has 0 saturated heterocycles. The molecule has 0 spiro atoms. The van der Waals surface area contributed by atoms with Crippen LogP contribution in [0.25, 0.3) is 0 Å². The van der Waals surface area contributed by atoms with Crippen molar-refractivity contribution >= 4 is 5.78 Å². The molecule has 1 aromatic rings. The van der Waals surface area contributed by atoms with Gasteiger partial charge in [0.25, 0.3) is 0 Å². The summed E-state index contributed by atoms with van der Waals surface area (Å²) in [5.74, 6) is 0.176. The van der Waals surface area contributed by atoms with Crippen LogP contribution < -0.4 is 0 Å². The average molecular weight is 265 g/mol. The zero-order valence-corrected chi connectivity index (χ0v) is 12.5. The predicted octanol–water partition coefficient (Wildman–Crippen LogP) is 2.25. The van der Waals surface area contributed by atoms with Gasteiger partial charge in [-0.15, -0.1) is 0 Å². The summed E-state index contributed by atoms with van der Waals surface area (Å²) in [4.78, 5) is 19.6. The highest BCUT2D eigenvalue weighted by Gasteiger charge is 2.11. The SMILES string of the molecule is CCN(CC)CCCN(CC)CC(=O)c1ccc[nH]1. The van der Waals surface area contributed by atoms with Gasteiger partial charge >= 0.3 is 0 Å². The lowest BCUT2D eigenvalue weighted by atomic mass is 10.2. The summed E-state index contributed by atoms with van der Waals surface area (Å²) in [7, 11) is 0. The second-order valence-electron chi connectivity index (χ2n) is 4.76. The Balaban J connectivity index is 2.31. The second kappa shape index (κ2) is 8.88. The van der Waals surface area contributed by atoms with E-state index in [1.807, 2.05) is 12.1 Å². The first-order valence-corrected chi connectivity index (χ1v) is 7.32. The quantitative estimate of drug-likeness (QED) is 0.660. The van der Waals surface area contributed by atoms with Gasteiger partial charge in [-0.05, 0) is 51.3 Å². The zero-order chi connectivity index (χ0) is 14.1. The monoisotopic (exact) mass is 265 g/mol. The molecule has 0 bridgehead atoms. The number of aromatic amines is 1. The van der Waals surface area contributed by atoms with Gasteiger partial charge in [-0.3, -0.25) is 9.69 Å². The number of carbonyl (C=O) groups excluding carboxylic acids is 1. The maximum Gasteiger partial charge on any atom is 0.192 e. The highest BCUT2D eigenvalue weighted by atomic mass is 16.1. The topological polar surface area (TPSA) is 39.3 Å². The van der Waals surface area contributed by atoms with Crippen molar-refractivity contribution in [3.05, 3.63) is 24.0 Å². The molecule has 4 nitrogen and oxygen atoms in total. The number of nitrogens with one attached hydrogen (secondary N) is 1. The fourth-order valence-electron chi connectivity index (χ4n) is 2.20. The summed E-state index contributed by atoms with van der Waals surface area (Å²) in [6, 6.07) is 3.70. The van der Waals surface area contributed by atoms with Gasteiger partial charge in [0, 0.05) is 6.20 Å². The largest absolute Gasteiger partial charge is 0.359 e. The van der Waals surface area contributed by atoms with Gasteiger partial charge in [0.05, 0.1) is 12.2 Å². The van der Waals surface area contributed by atoms with Crippen molar-refractivity contribution in [2.45, 2.75) is 27.2 Å². The average Bonchev–Trinajstić information content (AvgIpc) is 2.96. The van der Waals surface area contributed by atoms with E-state index in [0.717, 1.165) is 39.1 Å². The summed E-state index contributed by atoms with van der Waals surface area (Å²) in [5, 5.41) is 0. The Labute approximate surface area is 116 Å². The van der Waals surface area contributed by atoms with Crippen LogP contribution in [0.15, 0.2) is 18.3 Å². The van der Waals surface area contributed by atoms with Crippen LogP contribution in [0.5, 0.6) is 0 Å². The van der Waals surface area contributed by atoms with E-state index in [9.17, 15) is 4.79 Å². The van der Waals surface area contributed by atoms with Gasteiger partial charge in [0.1, 0.15) is 0 Å². The molecule has 19 heavy (non-hydrogen) atoms. The first kappa shape index (κ1) is 15.9. The van der Waals surface area contributed by atoms with Crippen molar-refractivity contribution in [2.75, 3.05) is 39.3 Å². The smallest absolute Gasteiger partial charge is 0.192 e. The highest BCUT2D eigenvalue weighted by molar-refractivity contribution is 5.95. The van der Waals surface area contributed by atoms with Crippen LogP contribution in [0.1, 0.15) is 37.7 Å². The van der Waals surface area contributed by atoms with Crippen molar-refractivity contribution in [3.8, 4) is 0 Å². The Kier molecular flexibility index (Phi) is 7.45. The van der Waals surface area contributed by atoms with Crippen LogP contribution in [-0.2, 0) is 0 Å². The van der Waals surface area contributed by atoms with Crippen LogP contribution in [-0.4, -0.2) is 59.8 Å².